The predicted molar refractivity (Wildman–Crippen MR) is 98.7 cm³/mol. The molecule has 3 rings (SSSR count). The molecule has 6 heteroatoms. The van der Waals surface area contributed by atoms with E-state index in [4.69, 9.17) is 9.84 Å². The van der Waals surface area contributed by atoms with E-state index < -0.39 is 11.8 Å². The van der Waals surface area contributed by atoms with Gasteiger partial charge in [-0.2, -0.15) is 0 Å². The lowest BCUT2D eigenvalue weighted by Crippen LogP contribution is -2.41. The van der Waals surface area contributed by atoms with E-state index in [1.165, 1.54) is 19.2 Å². The van der Waals surface area contributed by atoms with E-state index in [2.05, 4.69) is 0 Å². The molecule has 1 fully saturated rings. The lowest BCUT2D eigenvalue weighted by Gasteiger charge is -2.33. The van der Waals surface area contributed by atoms with Crippen LogP contribution in [0.15, 0.2) is 42.5 Å². The van der Waals surface area contributed by atoms with Gasteiger partial charge >= 0.3 is 5.97 Å². The molecule has 1 aliphatic heterocycles. The van der Waals surface area contributed by atoms with E-state index in [0.29, 0.717) is 13.1 Å². The number of ether oxygens (including phenoxy) is 1. The number of likely N-dealkylation sites (tertiary alicyclic amines) is 1. The second-order valence-electron chi connectivity index (χ2n) is 6.78. The Balaban J connectivity index is 1.71. The van der Waals surface area contributed by atoms with E-state index in [0.717, 1.165) is 24.8 Å². The van der Waals surface area contributed by atoms with Crippen molar-refractivity contribution < 1.29 is 23.8 Å². The molecule has 0 spiro atoms. The molecule has 1 aliphatic rings. The van der Waals surface area contributed by atoms with Gasteiger partial charge in [-0.1, -0.05) is 18.2 Å². The van der Waals surface area contributed by atoms with Crippen LogP contribution < -0.4 is 4.74 Å². The van der Waals surface area contributed by atoms with Crippen molar-refractivity contribution in [3.63, 3.8) is 0 Å². The number of carboxylic acid groups (broad SMARTS) is 1. The van der Waals surface area contributed by atoms with Crippen LogP contribution in [0.1, 0.15) is 39.1 Å². The molecule has 0 aromatic heterocycles. The molecule has 0 aliphatic carbocycles. The molecule has 1 atom stereocenters. The molecular formula is C21H22FNO4. The third-order valence-corrected chi connectivity index (χ3v) is 4.94. The van der Waals surface area contributed by atoms with Gasteiger partial charge in [0.1, 0.15) is 17.1 Å². The van der Waals surface area contributed by atoms with Gasteiger partial charge in [0, 0.05) is 13.1 Å². The molecule has 1 saturated heterocycles. The van der Waals surface area contributed by atoms with Gasteiger partial charge in [0.05, 0.1) is 12.7 Å². The third-order valence-electron chi connectivity index (χ3n) is 4.94. The number of carboxylic acids is 1. The molecule has 27 heavy (non-hydrogen) atoms. The summed E-state index contributed by atoms with van der Waals surface area (Å²) in [4.78, 5) is 25.5. The average Bonchev–Trinajstić information content (AvgIpc) is 2.68. The number of carbonyl (C=O) groups is 2. The molecular weight excluding hydrogens is 349 g/mol. The summed E-state index contributed by atoms with van der Waals surface area (Å²) in [6, 6.07) is 11.2. The summed E-state index contributed by atoms with van der Waals surface area (Å²) in [7, 11) is 1.42. The highest BCUT2D eigenvalue weighted by molar-refractivity contribution is 5.97. The van der Waals surface area contributed by atoms with Crippen LogP contribution in [0.5, 0.6) is 5.75 Å². The molecule has 142 valence electrons. The monoisotopic (exact) mass is 371 g/mol. The van der Waals surface area contributed by atoms with Crippen molar-refractivity contribution in [2.45, 2.75) is 19.3 Å². The summed E-state index contributed by atoms with van der Waals surface area (Å²) < 4.78 is 19.4. The van der Waals surface area contributed by atoms with Crippen molar-refractivity contribution in [2.75, 3.05) is 20.2 Å². The number of carbonyl (C=O) groups excluding carboxylic acids is 1. The number of hydrogen-bond acceptors (Lipinski definition) is 3. The Morgan fingerprint density at radius 1 is 1.22 bits per heavy atom. The predicted octanol–water partition coefficient (Wildman–Crippen LogP) is 3.63. The molecule has 1 N–H and O–H groups in total. The summed E-state index contributed by atoms with van der Waals surface area (Å²) in [5.41, 5.74) is 1.26. The Labute approximate surface area is 157 Å². The molecule has 5 nitrogen and oxygen atoms in total. The van der Waals surface area contributed by atoms with Gasteiger partial charge < -0.3 is 14.7 Å². The van der Waals surface area contributed by atoms with Crippen molar-refractivity contribution in [1.29, 1.82) is 0 Å². The van der Waals surface area contributed by atoms with Crippen molar-refractivity contribution in [1.82, 2.24) is 4.90 Å². The number of rotatable bonds is 5. The molecule has 0 bridgehead atoms. The molecule has 2 aromatic rings. The van der Waals surface area contributed by atoms with Gasteiger partial charge in [-0.05, 0) is 55.0 Å². The maximum atomic E-state index is 14.2. The van der Waals surface area contributed by atoms with Gasteiger partial charge in [0.2, 0.25) is 0 Å². The number of amides is 1. The van der Waals surface area contributed by atoms with Gasteiger partial charge in [0.15, 0.2) is 0 Å². The number of piperidine rings is 1. The minimum Gasteiger partial charge on any atom is -0.496 e. The second kappa shape index (κ2) is 8.20. The van der Waals surface area contributed by atoms with Gasteiger partial charge in [-0.3, -0.25) is 4.79 Å². The SMILES string of the molecule is COc1cccc(F)c1C(=O)N1CCCC(Cc2ccc(C(=O)O)cc2)C1. The summed E-state index contributed by atoms with van der Waals surface area (Å²) in [5.74, 6) is -1.39. The van der Waals surface area contributed by atoms with Crippen LogP contribution in [0.4, 0.5) is 4.39 Å². The first-order chi connectivity index (χ1) is 13.0. The zero-order valence-electron chi connectivity index (χ0n) is 15.2. The van der Waals surface area contributed by atoms with Crippen LogP contribution in [0.3, 0.4) is 0 Å². The minimum absolute atomic E-state index is 0.0218. The van der Waals surface area contributed by atoms with Crippen LogP contribution in [0.2, 0.25) is 0 Å². The van der Waals surface area contributed by atoms with E-state index in [1.54, 1.807) is 23.1 Å². The lowest BCUT2D eigenvalue weighted by atomic mass is 9.90. The maximum absolute atomic E-state index is 14.2. The Morgan fingerprint density at radius 2 is 1.96 bits per heavy atom. The zero-order valence-corrected chi connectivity index (χ0v) is 15.2. The fourth-order valence-corrected chi connectivity index (χ4v) is 3.57. The quantitative estimate of drug-likeness (QED) is 0.872. The number of nitrogens with zero attached hydrogens (tertiary/aromatic N) is 1. The molecule has 0 radical (unpaired) electrons. The van der Waals surface area contributed by atoms with E-state index in [-0.39, 0.29) is 28.7 Å². The Morgan fingerprint density at radius 3 is 2.63 bits per heavy atom. The first kappa shape index (κ1) is 18.9. The Kier molecular flexibility index (Phi) is 5.74. The lowest BCUT2D eigenvalue weighted by molar-refractivity contribution is 0.0662. The van der Waals surface area contributed by atoms with Gasteiger partial charge in [0.25, 0.3) is 5.91 Å². The molecule has 1 heterocycles. The van der Waals surface area contributed by atoms with Crippen molar-refractivity contribution in [3.05, 3.63) is 65.0 Å². The first-order valence-corrected chi connectivity index (χ1v) is 8.93. The van der Waals surface area contributed by atoms with Crippen molar-refractivity contribution >= 4 is 11.9 Å². The summed E-state index contributed by atoms with van der Waals surface area (Å²) >= 11 is 0. The van der Waals surface area contributed by atoms with Crippen LogP contribution in [-0.2, 0) is 6.42 Å². The smallest absolute Gasteiger partial charge is 0.335 e. The number of methoxy groups -OCH3 is 1. The summed E-state index contributed by atoms with van der Waals surface area (Å²) in [6.45, 7) is 1.13. The number of hydrogen-bond donors (Lipinski definition) is 1. The van der Waals surface area contributed by atoms with Crippen LogP contribution >= 0.6 is 0 Å². The fraction of sp³-hybridized carbons (Fsp3) is 0.333. The Hall–Kier alpha value is -2.89. The Bertz CT molecular complexity index is 835. The van der Waals surface area contributed by atoms with E-state index in [9.17, 15) is 14.0 Å². The topological polar surface area (TPSA) is 66.8 Å². The van der Waals surface area contributed by atoms with E-state index in [1.807, 2.05) is 12.1 Å². The summed E-state index contributed by atoms with van der Waals surface area (Å²) in [5, 5.41) is 8.98. The van der Waals surface area contributed by atoms with Crippen molar-refractivity contribution in [2.24, 2.45) is 5.92 Å². The van der Waals surface area contributed by atoms with Crippen LogP contribution in [-0.4, -0.2) is 42.1 Å². The normalized spacial score (nSPS) is 16.8. The highest BCUT2D eigenvalue weighted by Gasteiger charge is 2.28. The van der Waals surface area contributed by atoms with Crippen molar-refractivity contribution in [3.8, 4) is 5.75 Å². The second-order valence-corrected chi connectivity index (χ2v) is 6.78. The molecule has 2 aromatic carbocycles. The molecule has 1 unspecified atom stereocenters. The zero-order chi connectivity index (χ0) is 19.4. The highest BCUT2D eigenvalue weighted by Crippen LogP contribution is 2.27. The summed E-state index contributed by atoms with van der Waals surface area (Å²) in [6.07, 6.45) is 2.57. The number of aromatic carboxylic acids is 1. The van der Waals surface area contributed by atoms with Gasteiger partial charge in [-0.15, -0.1) is 0 Å². The van der Waals surface area contributed by atoms with Gasteiger partial charge in [-0.25, -0.2) is 9.18 Å². The minimum atomic E-state index is -0.949. The van der Waals surface area contributed by atoms with E-state index >= 15 is 0 Å². The van der Waals surface area contributed by atoms with Crippen LogP contribution in [0, 0.1) is 11.7 Å². The maximum Gasteiger partial charge on any atom is 0.335 e. The largest absolute Gasteiger partial charge is 0.496 e. The highest BCUT2D eigenvalue weighted by atomic mass is 19.1. The fourth-order valence-electron chi connectivity index (χ4n) is 3.57. The first-order valence-electron chi connectivity index (χ1n) is 8.93. The van der Waals surface area contributed by atoms with Crippen LogP contribution in [0.25, 0.3) is 0 Å². The average molecular weight is 371 g/mol. The molecule has 0 saturated carbocycles. The molecule has 1 amide bonds. The standard InChI is InChI=1S/C21H22FNO4/c1-27-18-6-2-5-17(22)19(18)20(24)23-11-3-4-15(13-23)12-14-7-9-16(10-8-14)21(25)26/h2,5-10,15H,3-4,11-13H2,1H3,(H,25,26). The number of benzene rings is 2. The third kappa shape index (κ3) is 4.27. The number of halogens is 1.